The van der Waals surface area contributed by atoms with E-state index in [1.165, 1.54) is 0 Å². The van der Waals surface area contributed by atoms with E-state index in [2.05, 4.69) is 5.32 Å². The molecule has 0 radical (unpaired) electrons. The summed E-state index contributed by atoms with van der Waals surface area (Å²) in [5.41, 5.74) is 0.783. The maximum Gasteiger partial charge on any atom is 0.307 e. The molecule has 118 valence electrons. The number of hydrogen-bond acceptors (Lipinski definition) is 3. The highest BCUT2D eigenvalue weighted by Crippen LogP contribution is 2.49. The van der Waals surface area contributed by atoms with E-state index in [0.29, 0.717) is 0 Å². The summed E-state index contributed by atoms with van der Waals surface area (Å²) >= 11 is 1.58. The Bertz CT molecular complexity index is 581. The third kappa shape index (κ3) is 2.74. The van der Waals surface area contributed by atoms with Crippen LogP contribution in [-0.2, 0) is 9.59 Å². The first-order valence-corrected chi connectivity index (χ1v) is 9.01. The fourth-order valence-corrected chi connectivity index (χ4v) is 4.70. The van der Waals surface area contributed by atoms with Crippen LogP contribution in [0.5, 0.6) is 0 Å². The molecule has 0 spiro atoms. The molecule has 0 saturated heterocycles. The highest BCUT2D eigenvalue weighted by Gasteiger charge is 2.50. The van der Waals surface area contributed by atoms with Crippen LogP contribution in [0.25, 0.3) is 0 Å². The molecule has 2 unspecified atom stereocenters. The number of thioether (sulfide) groups is 1. The van der Waals surface area contributed by atoms with Gasteiger partial charge in [0, 0.05) is 4.90 Å². The molecule has 3 fully saturated rings. The zero-order valence-corrected chi connectivity index (χ0v) is 13.4. The highest BCUT2D eigenvalue weighted by atomic mass is 32.2. The summed E-state index contributed by atoms with van der Waals surface area (Å²) in [6.07, 6.45) is 5.83. The summed E-state index contributed by atoms with van der Waals surface area (Å²) < 4.78 is 0. The standard InChI is InChI=1S/C17H21NO3S/c1-22-13-5-3-2-4-12(13)18-16(19)14-10-6-8-11(9-7-10)15(14)17(20)21/h2-5,10-11,14-15H,6-9H2,1H3,(H,18,19)(H,20,21). The van der Waals surface area contributed by atoms with Crippen LogP contribution in [0.15, 0.2) is 29.2 Å². The number of para-hydroxylation sites is 1. The maximum atomic E-state index is 12.8. The molecule has 3 aliphatic carbocycles. The molecule has 22 heavy (non-hydrogen) atoms. The SMILES string of the molecule is CSc1ccccc1NC(=O)C1C2CCC(CC2)C1C(=O)O. The minimum atomic E-state index is -0.812. The summed E-state index contributed by atoms with van der Waals surface area (Å²) in [5, 5.41) is 12.5. The van der Waals surface area contributed by atoms with Crippen molar-refractivity contribution in [2.24, 2.45) is 23.7 Å². The zero-order valence-electron chi connectivity index (χ0n) is 12.6. The lowest BCUT2D eigenvalue weighted by atomic mass is 9.58. The smallest absolute Gasteiger partial charge is 0.307 e. The third-order valence-corrected chi connectivity index (χ3v) is 5.97. The van der Waals surface area contributed by atoms with E-state index in [9.17, 15) is 14.7 Å². The van der Waals surface area contributed by atoms with Gasteiger partial charge < -0.3 is 10.4 Å². The van der Waals surface area contributed by atoms with Crippen molar-refractivity contribution in [3.05, 3.63) is 24.3 Å². The Labute approximate surface area is 134 Å². The van der Waals surface area contributed by atoms with Gasteiger partial charge in [0.05, 0.1) is 17.5 Å². The Morgan fingerprint density at radius 3 is 2.27 bits per heavy atom. The van der Waals surface area contributed by atoms with Gasteiger partial charge in [-0.05, 0) is 55.9 Å². The Morgan fingerprint density at radius 1 is 1.09 bits per heavy atom. The van der Waals surface area contributed by atoms with E-state index in [4.69, 9.17) is 0 Å². The molecule has 0 heterocycles. The van der Waals surface area contributed by atoms with Crippen molar-refractivity contribution >= 4 is 29.3 Å². The summed E-state index contributed by atoms with van der Waals surface area (Å²) in [4.78, 5) is 25.4. The van der Waals surface area contributed by atoms with E-state index in [0.717, 1.165) is 36.3 Å². The van der Waals surface area contributed by atoms with Crippen molar-refractivity contribution in [3.63, 3.8) is 0 Å². The van der Waals surface area contributed by atoms with Crippen molar-refractivity contribution < 1.29 is 14.7 Å². The summed E-state index contributed by atoms with van der Waals surface area (Å²) in [5.74, 6) is -1.47. The van der Waals surface area contributed by atoms with E-state index in [-0.39, 0.29) is 23.7 Å². The molecule has 4 rings (SSSR count). The Morgan fingerprint density at radius 2 is 1.68 bits per heavy atom. The molecular formula is C17H21NO3S. The van der Waals surface area contributed by atoms with Crippen LogP contribution in [0.1, 0.15) is 25.7 Å². The number of benzene rings is 1. The number of carboxylic acids is 1. The van der Waals surface area contributed by atoms with E-state index >= 15 is 0 Å². The van der Waals surface area contributed by atoms with Crippen LogP contribution in [0.2, 0.25) is 0 Å². The van der Waals surface area contributed by atoms with E-state index in [1.807, 2.05) is 30.5 Å². The molecule has 3 saturated carbocycles. The number of hydrogen-bond donors (Lipinski definition) is 2. The van der Waals surface area contributed by atoms with Gasteiger partial charge in [-0.1, -0.05) is 12.1 Å². The van der Waals surface area contributed by atoms with Gasteiger partial charge in [0.25, 0.3) is 0 Å². The van der Waals surface area contributed by atoms with Crippen LogP contribution in [0, 0.1) is 23.7 Å². The lowest BCUT2D eigenvalue weighted by Crippen LogP contribution is -2.49. The lowest BCUT2D eigenvalue weighted by molar-refractivity contribution is -0.156. The maximum absolute atomic E-state index is 12.8. The second-order valence-corrected chi connectivity index (χ2v) is 7.10. The topological polar surface area (TPSA) is 66.4 Å². The van der Waals surface area contributed by atoms with Gasteiger partial charge in [0.15, 0.2) is 0 Å². The van der Waals surface area contributed by atoms with Crippen LogP contribution in [0.4, 0.5) is 5.69 Å². The minimum absolute atomic E-state index is 0.122. The number of carbonyl (C=O) groups excluding carboxylic acids is 1. The zero-order chi connectivity index (χ0) is 15.7. The number of fused-ring (bicyclic) bond motifs is 3. The molecule has 5 heteroatoms. The number of carboxylic acid groups (broad SMARTS) is 1. The first-order valence-electron chi connectivity index (χ1n) is 7.78. The van der Waals surface area contributed by atoms with Crippen LogP contribution in [0.3, 0.4) is 0 Å². The third-order valence-electron chi connectivity index (χ3n) is 5.17. The average Bonchev–Trinajstić information content (AvgIpc) is 2.55. The molecule has 0 aromatic heterocycles. The van der Waals surface area contributed by atoms with Crippen molar-refractivity contribution in [2.75, 3.05) is 11.6 Å². The first-order chi connectivity index (χ1) is 10.6. The number of anilines is 1. The number of amides is 1. The molecule has 4 nitrogen and oxygen atoms in total. The van der Waals surface area contributed by atoms with Gasteiger partial charge >= 0.3 is 5.97 Å². The quantitative estimate of drug-likeness (QED) is 0.834. The Hall–Kier alpha value is -1.49. The summed E-state index contributed by atoms with van der Waals surface area (Å²) in [7, 11) is 0. The predicted molar refractivity (Wildman–Crippen MR) is 86.9 cm³/mol. The summed E-state index contributed by atoms with van der Waals surface area (Å²) in [6, 6.07) is 7.66. The molecular weight excluding hydrogens is 298 g/mol. The first kappa shape index (κ1) is 15.4. The summed E-state index contributed by atoms with van der Waals surface area (Å²) in [6.45, 7) is 0. The van der Waals surface area contributed by atoms with Crippen molar-refractivity contribution in [2.45, 2.75) is 30.6 Å². The molecule has 1 amide bonds. The van der Waals surface area contributed by atoms with Crippen LogP contribution >= 0.6 is 11.8 Å². The molecule has 1 aromatic carbocycles. The van der Waals surface area contributed by atoms with Gasteiger partial charge in [-0.25, -0.2) is 0 Å². The number of carbonyl (C=O) groups is 2. The molecule has 0 aliphatic heterocycles. The predicted octanol–water partition coefficient (Wildman–Crippen LogP) is 3.48. The normalized spacial score (nSPS) is 30.0. The second-order valence-electron chi connectivity index (χ2n) is 6.25. The number of nitrogens with one attached hydrogen (secondary N) is 1. The fraction of sp³-hybridized carbons (Fsp3) is 0.529. The van der Waals surface area contributed by atoms with Gasteiger partial charge in [-0.3, -0.25) is 9.59 Å². The number of aliphatic carboxylic acids is 1. The molecule has 3 aliphatic rings. The van der Waals surface area contributed by atoms with Crippen LogP contribution < -0.4 is 5.32 Å². The number of rotatable bonds is 4. The fourth-order valence-electron chi connectivity index (χ4n) is 4.15. The molecule has 2 bridgehead atoms. The van der Waals surface area contributed by atoms with E-state index in [1.54, 1.807) is 11.8 Å². The molecule has 2 atom stereocenters. The Kier molecular flexibility index (Phi) is 4.43. The largest absolute Gasteiger partial charge is 0.481 e. The van der Waals surface area contributed by atoms with Gasteiger partial charge in [-0.2, -0.15) is 0 Å². The van der Waals surface area contributed by atoms with Gasteiger partial charge in [-0.15, -0.1) is 11.8 Å². The Balaban J connectivity index is 1.82. The molecule has 2 N–H and O–H groups in total. The lowest BCUT2D eigenvalue weighted by Gasteiger charge is -2.45. The van der Waals surface area contributed by atoms with Gasteiger partial charge in [0.2, 0.25) is 5.91 Å². The van der Waals surface area contributed by atoms with Crippen LogP contribution in [-0.4, -0.2) is 23.2 Å². The minimum Gasteiger partial charge on any atom is -0.481 e. The highest BCUT2D eigenvalue weighted by molar-refractivity contribution is 7.98. The second kappa shape index (κ2) is 6.32. The van der Waals surface area contributed by atoms with Crippen molar-refractivity contribution in [1.29, 1.82) is 0 Å². The van der Waals surface area contributed by atoms with Crippen molar-refractivity contribution in [3.8, 4) is 0 Å². The van der Waals surface area contributed by atoms with E-state index < -0.39 is 11.9 Å². The van der Waals surface area contributed by atoms with Gasteiger partial charge in [0.1, 0.15) is 0 Å². The van der Waals surface area contributed by atoms with Crippen molar-refractivity contribution in [1.82, 2.24) is 0 Å². The average molecular weight is 319 g/mol. The monoisotopic (exact) mass is 319 g/mol. The molecule has 1 aromatic rings.